The second kappa shape index (κ2) is 7.02. The molecule has 10 heteroatoms. The van der Waals surface area contributed by atoms with Gasteiger partial charge in [0.05, 0.1) is 10.5 Å². The zero-order valence-corrected chi connectivity index (χ0v) is 15.7. The van der Waals surface area contributed by atoms with Crippen LogP contribution < -0.4 is 0 Å². The van der Waals surface area contributed by atoms with E-state index in [1.807, 2.05) is 6.92 Å². The molecule has 4 rings (SSSR count). The summed E-state index contributed by atoms with van der Waals surface area (Å²) in [7, 11) is -4.05. The Balaban J connectivity index is 1.65. The molecule has 1 atom stereocenters. The van der Waals surface area contributed by atoms with Crippen molar-refractivity contribution in [2.24, 2.45) is 0 Å². The normalized spacial score (nSPS) is 17.9. The van der Waals surface area contributed by atoms with Crippen molar-refractivity contribution in [3.8, 4) is 11.5 Å². The summed E-state index contributed by atoms with van der Waals surface area (Å²) in [5.41, 5.74) is 1.46. The molecule has 0 spiro atoms. The molecule has 1 aliphatic heterocycles. The highest BCUT2D eigenvalue weighted by Gasteiger charge is 2.39. The molecule has 0 N–H and O–H groups in total. The summed E-state index contributed by atoms with van der Waals surface area (Å²) in [6, 6.07) is 5.43. The van der Waals surface area contributed by atoms with Gasteiger partial charge in [-0.05, 0) is 50.1 Å². The highest BCUT2D eigenvalue weighted by Crippen LogP contribution is 2.37. The molecule has 0 amide bonds. The number of halogens is 2. The number of pyridine rings is 1. The molecule has 3 heterocycles. The number of aromatic nitrogens is 3. The van der Waals surface area contributed by atoms with Gasteiger partial charge in [0.1, 0.15) is 6.04 Å². The molecule has 0 aliphatic carbocycles. The number of hydrogen-bond acceptors (Lipinski definition) is 6. The van der Waals surface area contributed by atoms with Crippen LogP contribution in [0.4, 0.5) is 8.78 Å². The van der Waals surface area contributed by atoms with E-state index < -0.39 is 27.7 Å². The minimum Gasteiger partial charge on any atom is -0.419 e. The lowest BCUT2D eigenvalue weighted by atomic mass is 10.2. The molecule has 1 unspecified atom stereocenters. The van der Waals surface area contributed by atoms with Crippen molar-refractivity contribution in [1.29, 1.82) is 0 Å². The van der Waals surface area contributed by atoms with Crippen LogP contribution in [0.1, 0.15) is 30.5 Å². The lowest BCUT2D eigenvalue weighted by Gasteiger charge is -2.21. The Bertz CT molecular complexity index is 1120. The second-order valence-electron chi connectivity index (χ2n) is 6.48. The SMILES string of the molecule is Cc1ccc(-c2nnc(C3CCCN3S(=O)(=O)c3ccc(F)c(F)c3)o2)cn1. The average molecular weight is 406 g/mol. The first-order valence-corrected chi connectivity index (χ1v) is 10.0. The van der Waals surface area contributed by atoms with Gasteiger partial charge in [-0.2, -0.15) is 4.31 Å². The molecular weight excluding hydrogens is 390 g/mol. The molecule has 146 valence electrons. The highest BCUT2D eigenvalue weighted by molar-refractivity contribution is 7.89. The van der Waals surface area contributed by atoms with Crippen molar-refractivity contribution < 1.29 is 21.6 Å². The topological polar surface area (TPSA) is 89.2 Å². The van der Waals surface area contributed by atoms with Crippen LogP contribution in [0.25, 0.3) is 11.5 Å². The predicted molar refractivity (Wildman–Crippen MR) is 94.5 cm³/mol. The number of sulfonamides is 1. The van der Waals surface area contributed by atoms with Crippen LogP contribution in [-0.2, 0) is 10.0 Å². The monoisotopic (exact) mass is 406 g/mol. The lowest BCUT2D eigenvalue weighted by molar-refractivity contribution is 0.332. The van der Waals surface area contributed by atoms with Gasteiger partial charge < -0.3 is 4.42 Å². The van der Waals surface area contributed by atoms with Crippen LogP contribution in [0.3, 0.4) is 0 Å². The molecule has 1 aliphatic rings. The van der Waals surface area contributed by atoms with Gasteiger partial charge in [-0.1, -0.05) is 0 Å². The van der Waals surface area contributed by atoms with Crippen molar-refractivity contribution in [2.45, 2.75) is 30.7 Å². The first-order chi connectivity index (χ1) is 13.4. The lowest BCUT2D eigenvalue weighted by Crippen LogP contribution is -2.31. The first-order valence-electron chi connectivity index (χ1n) is 8.59. The summed E-state index contributed by atoms with van der Waals surface area (Å²) in [5, 5.41) is 7.99. The van der Waals surface area contributed by atoms with Gasteiger partial charge in [-0.3, -0.25) is 4.98 Å². The molecule has 1 aromatic carbocycles. The third-order valence-corrected chi connectivity index (χ3v) is 6.49. The molecule has 7 nitrogen and oxygen atoms in total. The van der Waals surface area contributed by atoms with Gasteiger partial charge in [0.2, 0.25) is 21.8 Å². The largest absolute Gasteiger partial charge is 0.419 e. The Morgan fingerprint density at radius 3 is 2.68 bits per heavy atom. The summed E-state index contributed by atoms with van der Waals surface area (Å²) in [4.78, 5) is 3.85. The maximum absolute atomic E-state index is 13.5. The Labute approximate surface area is 160 Å². The number of rotatable bonds is 4. The van der Waals surface area contributed by atoms with E-state index in [0.29, 0.717) is 24.5 Å². The van der Waals surface area contributed by atoms with Gasteiger partial charge in [0.15, 0.2) is 11.6 Å². The molecule has 1 saturated heterocycles. The Hall–Kier alpha value is -2.72. The third kappa shape index (κ3) is 3.29. The fraction of sp³-hybridized carbons (Fsp3) is 0.278. The summed E-state index contributed by atoms with van der Waals surface area (Å²) < 4.78 is 59.5. The Kier molecular flexibility index (Phi) is 4.68. The zero-order chi connectivity index (χ0) is 19.9. The van der Waals surface area contributed by atoms with Crippen LogP contribution in [0.15, 0.2) is 45.8 Å². The Morgan fingerprint density at radius 1 is 1.14 bits per heavy atom. The van der Waals surface area contributed by atoms with Gasteiger partial charge in [-0.15, -0.1) is 10.2 Å². The van der Waals surface area contributed by atoms with Crippen LogP contribution in [0.5, 0.6) is 0 Å². The molecule has 3 aromatic rings. The quantitative estimate of drug-likeness (QED) is 0.661. The van der Waals surface area contributed by atoms with E-state index in [0.717, 1.165) is 17.8 Å². The maximum atomic E-state index is 13.5. The molecule has 0 saturated carbocycles. The van der Waals surface area contributed by atoms with E-state index in [2.05, 4.69) is 15.2 Å². The average Bonchev–Trinajstić information content (AvgIpc) is 3.33. The van der Waals surface area contributed by atoms with Crippen molar-refractivity contribution in [1.82, 2.24) is 19.5 Å². The molecule has 2 aromatic heterocycles. The van der Waals surface area contributed by atoms with Gasteiger partial charge in [-0.25, -0.2) is 17.2 Å². The molecular formula is C18H16F2N4O3S. The predicted octanol–water partition coefficient (Wildman–Crippen LogP) is 3.24. The fourth-order valence-electron chi connectivity index (χ4n) is 3.13. The summed E-state index contributed by atoms with van der Waals surface area (Å²) in [6.07, 6.45) is 2.66. The van der Waals surface area contributed by atoms with Gasteiger partial charge >= 0.3 is 0 Å². The van der Waals surface area contributed by atoms with E-state index >= 15 is 0 Å². The number of nitrogens with zero attached hydrogens (tertiary/aromatic N) is 4. The van der Waals surface area contributed by atoms with Crippen LogP contribution in [0.2, 0.25) is 0 Å². The highest BCUT2D eigenvalue weighted by atomic mass is 32.2. The maximum Gasteiger partial charge on any atom is 0.249 e. The summed E-state index contributed by atoms with van der Waals surface area (Å²) >= 11 is 0. The van der Waals surface area contributed by atoms with Crippen LogP contribution in [0, 0.1) is 18.6 Å². The number of hydrogen-bond donors (Lipinski definition) is 0. The number of benzene rings is 1. The van der Waals surface area contributed by atoms with Gasteiger partial charge in [0.25, 0.3) is 0 Å². The van der Waals surface area contributed by atoms with Crippen molar-refractivity contribution >= 4 is 10.0 Å². The Morgan fingerprint density at radius 2 is 1.96 bits per heavy atom. The molecule has 0 bridgehead atoms. The fourth-order valence-corrected chi connectivity index (χ4v) is 4.79. The van der Waals surface area contributed by atoms with Gasteiger partial charge in [0, 0.05) is 18.4 Å². The standard InChI is InChI=1S/C18H16F2N4O3S/c1-11-4-5-12(10-21-11)17-22-23-18(27-17)16-3-2-8-24(16)28(25,26)13-6-7-14(19)15(20)9-13/h4-7,9-10,16H,2-3,8H2,1H3. The minimum absolute atomic E-state index is 0.152. The smallest absolute Gasteiger partial charge is 0.249 e. The molecule has 28 heavy (non-hydrogen) atoms. The van der Waals surface area contributed by atoms with Crippen LogP contribution in [-0.4, -0.2) is 34.4 Å². The first kappa shape index (κ1) is 18.6. The van der Waals surface area contributed by atoms with E-state index in [4.69, 9.17) is 4.42 Å². The van der Waals surface area contributed by atoms with Crippen LogP contribution >= 0.6 is 0 Å². The van der Waals surface area contributed by atoms with E-state index in [1.165, 1.54) is 4.31 Å². The van der Waals surface area contributed by atoms with Crippen molar-refractivity contribution in [3.05, 3.63) is 59.7 Å². The number of aryl methyl sites for hydroxylation is 1. The third-order valence-electron chi connectivity index (χ3n) is 4.59. The van der Waals surface area contributed by atoms with E-state index in [1.54, 1.807) is 18.3 Å². The second-order valence-corrected chi connectivity index (χ2v) is 8.37. The minimum atomic E-state index is -4.05. The summed E-state index contributed by atoms with van der Waals surface area (Å²) in [6.45, 7) is 2.07. The van der Waals surface area contributed by atoms with E-state index in [-0.39, 0.29) is 23.2 Å². The zero-order valence-electron chi connectivity index (χ0n) is 14.8. The summed E-state index contributed by atoms with van der Waals surface area (Å²) in [5.74, 6) is -1.94. The molecule has 1 fully saturated rings. The van der Waals surface area contributed by atoms with E-state index in [9.17, 15) is 17.2 Å². The van der Waals surface area contributed by atoms with Crippen molar-refractivity contribution in [3.63, 3.8) is 0 Å². The van der Waals surface area contributed by atoms with Crippen molar-refractivity contribution in [2.75, 3.05) is 6.54 Å². The molecule has 0 radical (unpaired) electrons.